The molecule has 0 bridgehead atoms. The first-order chi connectivity index (χ1) is 12.1. The molecule has 2 aromatic carbocycles. The Bertz CT molecular complexity index is 657. The first-order valence-electron chi connectivity index (χ1n) is 8.50. The van der Waals surface area contributed by atoms with Crippen molar-refractivity contribution in [2.24, 2.45) is 0 Å². The van der Waals surface area contributed by atoms with Gasteiger partial charge in [-0.05, 0) is 36.6 Å². The van der Waals surface area contributed by atoms with Gasteiger partial charge in [0.15, 0.2) is 0 Å². The standard InChI is InChI=1S/C21H26FNO2/c1-3-4-8-19(24)16-23(15-18-7-5-6-9-21(18)22)14-17-10-12-20(25-2)13-11-17/h3,5-7,9-13,19,24H,1,4,8,14-16H2,2H3/t19-/m1/s1. The molecular weight excluding hydrogens is 317 g/mol. The number of ether oxygens (including phenoxy) is 1. The van der Waals surface area contributed by atoms with Crippen molar-refractivity contribution in [3.8, 4) is 5.75 Å². The Labute approximate surface area is 149 Å². The highest BCUT2D eigenvalue weighted by molar-refractivity contribution is 5.27. The predicted molar refractivity (Wildman–Crippen MR) is 98.9 cm³/mol. The number of aliphatic hydroxyl groups is 1. The largest absolute Gasteiger partial charge is 0.497 e. The first-order valence-corrected chi connectivity index (χ1v) is 8.50. The van der Waals surface area contributed by atoms with E-state index in [1.54, 1.807) is 25.3 Å². The summed E-state index contributed by atoms with van der Waals surface area (Å²) in [5, 5.41) is 10.3. The van der Waals surface area contributed by atoms with Crippen molar-refractivity contribution in [1.82, 2.24) is 4.90 Å². The van der Waals surface area contributed by atoms with Gasteiger partial charge < -0.3 is 9.84 Å². The molecule has 0 amide bonds. The molecule has 0 aliphatic rings. The van der Waals surface area contributed by atoms with Gasteiger partial charge in [-0.2, -0.15) is 0 Å². The van der Waals surface area contributed by atoms with Crippen molar-refractivity contribution < 1.29 is 14.2 Å². The van der Waals surface area contributed by atoms with E-state index in [-0.39, 0.29) is 5.82 Å². The normalized spacial score (nSPS) is 12.2. The van der Waals surface area contributed by atoms with Crippen molar-refractivity contribution >= 4 is 0 Å². The zero-order valence-electron chi connectivity index (χ0n) is 14.7. The van der Waals surface area contributed by atoms with Crippen molar-refractivity contribution in [2.75, 3.05) is 13.7 Å². The summed E-state index contributed by atoms with van der Waals surface area (Å²) >= 11 is 0. The maximum Gasteiger partial charge on any atom is 0.127 e. The molecule has 1 atom stereocenters. The summed E-state index contributed by atoms with van der Waals surface area (Å²) in [4.78, 5) is 2.06. The van der Waals surface area contributed by atoms with E-state index in [0.29, 0.717) is 31.6 Å². The van der Waals surface area contributed by atoms with Crippen LogP contribution in [0.1, 0.15) is 24.0 Å². The fourth-order valence-corrected chi connectivity index (χ4v) is 2.74. The lowest BCUT2D eigenvalue weighted by Gasteiger charge is -2.25. The van der Waals surface area contributed by atoms with Crippen LogP contribution < -0.4 is 4.74 Å². The summed E-state index contributed by atoms with van der Waals surface area (Å²) in [5.41, 5.74) is 1.72. The second-order valence-electron chi connectivity index (χ2n) is 6.13. The average molecular weight is 343 g/mol. The molecule has 2 aromatic rings. The molecule has 0 unspecified atom stereocenters. The summed E-state index contributed by atoms with van der Waals surface area (Å²) in [7, 11) is 1.63. The lowest BCUT2D eigenvalue weighted by atomic mass is 10.1. The SMILES string of the molecule is C=CCC[C@@H](O)CN(Cc1ccc(OC)cc1)Cc1ccccc1F. The van der Waals surface area contributed by atoms with Gasteiger partial charge in [-0.25, -0.2) is 4.39 Å². The molecule has 0 saturated heterocycles. The topological polar surface area (TPSA) is 32.7 Å². The van der Waals surface area contributed by atoms with Crippen LogP contribution in [-0.2, 0) is 13.1 Å². The highest BCUT2D eigenvalue weighted by Gasteiger charge is 2.14. The van der Waals surface area contributed by atoms with Crippen molar-refractivity contribution in [1.29, 1.82) is 0 Å². The average Bonchev–Trinajstić information content (AvgIpc) is 2.62. The quantitative estimate of drug-likeness (QED) is 0.658. The number of nitrogens with zero attached hydrogens (tertiary/aromatic N) is 1. The van der Waals surface area contributed by atoms with Crippen LogP contribution in [0.4, 0.5) is 4.39 Å². The fraction of sp³-hybridized carbons (Fsp3) is 0.333. The van der Waals surface area contributed by atoms with Gasteiger partial charge in [-0.1, -0.05) is 36.4 Å². The number of rotatable bonds is 10. The highest BCUT2D eigenvalue weighted by atomic mass is 19.1. The summed E-state index contributed by atoms with van der Waals surface area (Å²) in [6, 6.07) is 14.6. The molecule has 1 N–H and O–H groups in total. The van der Waals surface area contributed by atoms with Crippen molar-refractivity contribution in [3.63, 3.8) is 0 Å². The number of benzene rings is 2. The van der Waals surface area contributed by atoms with Crippen LogP contribution in [0.5, 0.6) is 5.75 Å². The third kappa shape index (κ3) is 6.33. The minimum Gasteiger partial charge on any atom is -0.497 e. The zero-order chi connectivity index (χ0) is 18.1. The minimum atomic E-state index is -0.469. The van der Waals surface area contributed by atoms with Crippen LogP contribution >= 0.6 is 0 Å². The third-order valence-corrected chi connectivity index (χ3v) is 4.09. The lowest BCUT2D eigenvalue weighted by molar-refractivity contribution is 0.0977. The Morgan fingerprint density at radius 1 is 1.16 bits per heavy atom. The molecule has 0 radical (unpaired) electrons. The number of halogens is 1. The van der Waals surface area contributed by atoms with E-state index in [9.17, 15) is 9.50 Å². The zero-order valence-corrected chi connectivity index (χ0v) is 14.7. The summed E-state index contributed by atoms with van der Waals surface area (Å²) < 4.78 is 19.2. The summed E-state index contributed by atoms with van der Waals surface area (Å²) in [6.07, 6.45) is 2.74. The fourth-order valence-electron chi connectivity index (χ4n) is 2.74. The van der Waals surface area contributed by atoms with Crippen LogP contribution in [0.3, 0.4) is 0 Å². The smallest absolute Gasteiger partial charge is 0.127 e. The predicted octanol–water partition coefficient (Wildman–Crippen LogP) is 4.16. The second kappa shape index (κ2) is 9.97. The van der Waals surface area contributed by atoms with E-state index in [0.717, 1.165) is 17.7 Å². The third-order valence-electron chi connectivity index (χ3n) is 4.09. The molecule has 0 heterocycles. The Hall–Kier alpha value is -2.17. The number of allylic oxidation sites excluding steroid dienone is 1. The highest BCUT2D eigenvalue weighted by Crippen LogP contribution is 2.17. The van der Waals surface area contributed by atoms with Crippen molar-refractivity contribution in [2.45, 2.75) is 32.0 Å². The summed E-state index contributed by atoms with van der Waals surface area (Å²) in [5.74, 6) is 0.582. The van der Waals surface area contributed by atoms with E-state index >= 15 is 0 Å². The van der Waals surface area contributed by atoms with E-state index in [2.05, 4.69) is 11.5 Å². The van der Waals surface area contributed by atoms with E-state index < -0.39 is 6.10 Å². The van der Waals surface area contributed by atoms with E-state index in [1.807, 2.05) is 30.3 Å². The number of aliphatic hydroxyl groups excluding tert-OH is 1. The van der Waals surface area contributed by atoms with Gasteiger partial charge in [0.05, 0.1) is 13.2 Å². The number of hydrogen-bond donors (Lipinski definition) is 1. The van der Waals surface area contributed by atoms with E-state index in [1.165, 1.54) is 6.07 Å². The van der Waals surface area contributed by atoms with Gasteiger partial charge in [0, 0.05) is 25.2 Å². The molecule has 25 heavy (non-hydrogen) atoms. The Balaban J connectivity index is 2.09. The Morgan fingerprint density at radius 3 is 2.52 bits per heavy atom. The summed E-state index contributed by atoms with van der Waals surface area (Å²) in [6.45, 7) is 5.25. The molecule has 0 aliphatic heterocycles. The van der Waals surface area contributed by atoms with Crippen LogP contribution in [0.25, 0.3) is 0 Å². The Kier molecular flexibility index (Phi) is 7.64. The van der Waals surface area contributed by atoms with Crippen LogP contribution in [-0.4, -0.2) is 29.8 Å². The van der Waals surface area contributed by atoms with Crippen molar-refractivity contribution in [3.05, 3.63) is 78.1 Å². The molecule has 2 rings (SSSR count). The second-order valence-corrected chi connectivity index (χ2v) is 6.13. The number of methoxy groups -OCH3 is 1. The van der Waals surface area contributed by atoms with Gasteiger partial charge in [-0.3, -0.25) is 4.90 Å². The van der Waals surface area contributed by atoms with Crippen LogP contribution in [0, 0.1) is 5.82 Å². The molecule has 0 aromatic heterocycles. The lowest BCUT2D eigenvalue weighted by Crippen LogP contribution is -2.32. The molecule has 0 fully saturated rings. The molecule has 3 nitrogen and oxygen atoms in total. The molecule has 134 valence electrons. The maximum absolute atomic E-state index is 14.0. The van der Waals surface area contributed by atoms with Gasteiger partial charge in [0.25, 0.3) is 0 Å². The van der Waals surface area contributed by atoms with E-state index in [4.69, 9.17) is 4.74 Å². The first kappa shape index (κ1) is 19.2. The van der Waals surface area contributed by atoms with Crippen LogP contribution in [0.2, 0.25) is 0 Å². The monoisotopic (exact) mass is 343 g/mol. The van der Waals surface area contributed by atoms with Gasteiger partial charge in [0.1, 0.15) is 11.6 Å². The van der Waals surface area contributed by atoms with Gasteiger partial charge >= 0.3 is 0 Å². The minimum absolute atomic E-state index is 0.220. The number of hydrogen-bond acceptors (Lipinski definition) is 3. The molecule has 0 aliphatic carbocycles. The molecule has 0 spiro atoms. The maximum atomic E-state index is 14.0. The van der Waals surface area contributed by atoms with Gasteiger partial charge in [-0.15, -0.1) is 6.58 Å². The molecule has 0 saturated carbocycles. The van der Waals surface area contributed by atoms with Crippen LogP contribution in [0.15, 0.2) is 61.2 Å². The Morgan fingerprint density at radius 2 is 1.88 bits per heavy atom. The molecule has 4 heteroatoms. The molecular formula is C21H26FNO2. The van der Waals surface area contributed by atoms with Gasteiger partial charge in [0.2, 0.25) is 0 Å².